The fourth-order valence-electron chi connectivity index (χ4n) is 2.41. The van der Waals surface area contributed by atoms with Crippen molar-refractivity contribution in [2.24, 2.45) is 0 Å². The number of nitrogens with zero attached hydrogens (tertiary/aromatic N) is 1. The molecule has 122 valence electrons. The van der Waals surface area contributed by atoms with Crippen LogP contribution in [0.5, 0.6) is 0 Å². The lowest BCUT2D eigenvalue weighted by Gasteiger charge is -2.09. The monoisotopic (exact) mass is 323 g/mol. The second kappa shape index (κ2) is 6.54. The Morgan fingerprint density at radius 3 is 2.71 bits per heavy atom. The fourth-order valence-corrected chi connectivity index (χ4v) is 2.41. The molecule has 24 heavy (non-hydrogen) atoms. The maximum absolute atomic E-state index is 12.2. The Balaban J connectivity index is 1.76. The fraction of sp³-hybridized carbons (Fsp3) is 0.167. The van der Waals surface area contributed by atoms with Crippen LogP contribution in [0.25, 0.3) is 10.9 Å². The molecule has 2 N–H and O–H groups in total. The molecule has 0 aliphatic rings. The van der Waals surface area contributed by atoms with Crippen LogP contribution in [0.1, 0.15) is 16.7 Å². The molecule has 6 nitrogen and oxygen atoms in total. The number of benzene rings is 1. The van der Waals surface area contributed by atoms with E-state index in [1.165, 1.54) is 0 Å². The highest BCUT2D eigenvalue weighted by Crippen LogP contribution is 2.19. The molecule has 0 bridgehead atoms. The summed E-state index contributed by atoms with van der Waals surface area (Å²) in [6, 6.07) is 8.98. The zero-order valence-electron chi connectivity index (χ0n) is 13.4. The number of amides is 1. The van der Waals surface area contributed by atoms with Gasteiger partial charge in [-0.1, -0.05) is 12.1 Å². The predicted molar refractivity (Wildman–Crippen MR) is 92.1 cm³/mol. The zero-order chi connectivity index (χ0) is 17.1. The molecule has 0 aliphatic heterocycles. The Labute approximate surface area is 138 Å². The average Bonchev–Trinajstić information content (AvgIpc) is 2.58. The molecule has 0 atom stereocenters. The third-order valence-corrected chi connectivity index (χ3v) is 3.91. The van der Waals surface area contributed by atoms with E-state index in [1.807, 2.05) is 26.0 Å². The number of aromatic nitrogens is 2. The molecule has 1 aromatic carbocycles. The molecule has 6 heteroatoms. The average molecular weight is 323 g/mol. The van der Waals surface area contributed by atoms with Crippen LogP contribution >= 0.6 is 0 Å². The highest BCUT2D eigenvalue weighted by atomic mass is 16.5. The molecule has 0 radical (unpaired) electrons. The van der Waals surface area contributed by atoms with Gasteiger partial charge in [0, 0.05) is 18.1 Å². The van der Waals surface area contributed by atoms with Gasteiger partial charge >= 0.3 is 6.09 Å². The summed E-state index contributed by atoms with van der Waals surface area (Å²) < 4.78 is 5.13. The summed E-state index contributed by atoms with van der Waals surface area (Å²) in [7, 11) is 0. The highest BCUT2D eigenvalue weighted by molar-refractivity contribution is 5.85. The lowest BCUT2D eigenvalue weighted by atomic mass is 10.0. The molecule has 3 aromatic rings. The number of anilines is 1. The number of H-pyrrole nitrogens is 1. The SMILES string of the molecule is Cc1ccc2cc(COC(=O)Nc3ccncc3)c(=O)[nH]c2c1C. The lowest BCUT2D eigenvalue weighted by Crippen LogP contribution is -2.18. The number of hydrogen-bond acceptors (Lipinski definition) is 4. The van der Waals surface area contributed by atoms with E-state index in [1.54, 1.807) is 30.6 Å². The topological polar surface area (TPSA) is 84.1 Å². The summed E-state index contributed by atoms with van der Waals surface area (Å²) in [4.78, 5) is 30.7. The smallest absolute Gasteiger partial charge is 0.411 e. The van der Waals surface area contributed by atoms with Crippen LogP contribution in [-0.2, 0) is 11.3 Å². The molecule has 1 amide bonds. The van der Waals surface area contributed by atoms with Crippen molar-refractivity contribution in [1.29, 1.82) is 0 Å². The van der Waals surface area contributed by atoms with Crippen LogP contribution in [0.15, 0.2) is 47.5 Å². The first-order valence-corrected chi connectivity index (χ1v) is 7.50. The van der Waals surface area contributed by atoms with E-state index in [4.69, 9.17) is 4.74 Å². The van der Waals surface area contributed by atoms with Gasteiger partial charge in [-0.25, -0.2) is 4.79 Å². The second-order valence-corrected chi connectivity index (χ2v) is 5.53. The largest absolute Gasteiger partial charge is 0.444 e. The van der Waals surface area contributed by atoms with Gasteiger partial charge in [-0.3, -0.25) is 15.1 Å². The van der Waals surface area contributed by atoms with E-state index < -0.39 is 6.09 Å². The summed E-state index contributed by atoms with van der Waals surface area (Å²) in [6.07, 6.45) is 2.50. The maximum Gasteiger partial charge on any atom is 0.411 e. The standard InChI is InChI=1S/C18H17N3O3/c1-11-3-4-13-9-14(17(22)21-16(13)12(11)2)10-24-18(23)20-15-5-7-19-8-6-15/h3-9H,10H2,1-2H3,(H,21,22)(H,19,20,23). The molecular weight excluding hydrogens is 306 g/mol. The van der Waals surface area contributed by atoms with Gasteiger partial charge in [0.1, 0.15) is 6.61 Å². The van der Waals surface area contributed by atoms with Gasteiger partial charge in [-0.05, 0) is 48.6 Å². The van der Waals surface area contributed by atoms with E-state index in [0.29, 0.717) is 11.3 Å². The summed E-state index contributed by atoms with van der Waals surface area (Å²) in [5, 5.41) is 3.48. The molecule has 2 heterocycles. The van der Waals surface area contributed by atoms with Gasteiger partial charge in [0.2, 0.25) is 0 Å². The Kier molecular flexibility index (Phi) is 4.29. The Morgan fingerprint density at radius 1 is 1.21 bits per heavy atom. The maximum atomic E-state index is 12.2. The molecule has 0 unspecified atom stereocenters. The number of aryl methyl sites for hydroxylation is 2. The van der Waals surface area contributed by atoms with Crippen LogP contribution in [0.2, 0.25) is 0 Å². The summed E-state index contributed by atoms with van der Waals surface area (Å²) >= 11 is 0. The van der Waals surface area contributed by atoms with Crippen LogP contribution in [0.3, 0.4) is 0 Å². The number of carbonyl (C=O) groups excluding carboxylic acids is 1. The van der Waals surface area contributed by atoms with E-state index in [9.17, 15) is 9.59 Å². The Hall–Kier alpha value is -3.15. The van der Waals surface area contributed by atoms with Crippen molar-refractivity contribution in [3.63, 3.8) is 0 Å². The Bertz CT molecular complexity index is 949. The van der Waals surface area contributed by atoms with Crippen LogP contribution < -0.4 is 10.9 Å². The number of hydrogen-bond donors (Lipinski definition) is 2. The molecule has 0 saturated heterocycles. The number of fused-ring (bicyclic) bond motifs is 1. The second-order valence-electron chi connectivity index (χ2n) is 5.53. The van der Waals surface area contributed by atoms with Crippen LogP contribution in [0, 0.1) is 13.8 Å². The van der Waals surface area contributed by atoms with Gasteiger partial charge in [-0.15, -0.1) is 0 Å². The van der Waals surface area contributed by atoms with Crippen LogP contribution in [0.4, 0.5) is 10.5 Å². The minimum atomic E-state index is -0.624. The normalized spacial score (nSPS) is 10.6. The van der Waals surface area contributed by atoms with E-state index in [2.05, 4.69) is 15.3 Å². The van der Waals surface area contributed by atoms with E-state index in [0.717, 1.165) is 22.0 Å². The Morgan fingerprint density at radius 2 is 1.96 bits per heavy atom. The van der Waals surface area contributed by atoms with Crippen molar-refractivity contribution in [2.45, 2.75) is 20.5 Å². The first kappa shape index (κ1) is 15.7. The van der Waals surface area contributed by atoms with Crippen molar-refractivity contribution >= 4 is 22.7 Å². The summed E-state index contributed by atoms with van der Waals surface area (Å²) in [5.74, 6) is 0. The molecule has 2 aromatic heterocycles. The molecule has 0 saturated carbocycles. The van der Waals surface area contributed by atoms with Crippen molar-refractivity contribution < 1.29 is 9.53 Å². The minimum absolute atomic E-state index is 0.102. The first-order chi connectivity index (χ1) is 11.5. The zero-order valence-corrected chi connectivity index (χ0v) is 13.4. The number of pyridine rings is 2. The summed E-state index contributed by atoms with van der Waals surface area (Å²) in [6.45, 7) is 3.86. The molecule has 3 rings (SSSR count). The van der Waals surface area contributed by atoms with Crippen molar-refractivity contribution in [1.82, 2.24) is 9.97 Å². The highest BCUT2D eigenvalue weighted by Gasteiger charge is 2.09. The quantitative estimate of drug-likeness (QED) is 0.774. The molecular formula is C18H17N3O3. The van der Waals surface area contributed by atoms with Crippen molar-refractivity contribution in [2.75, 3.05) is 5.32 Å². The third-order valence-electron chi connectivity index (χ3n) is 3.91. The number of ether oxygens (including phenoxy) is 1. The molecule has 0 fully saturated rings. The van der Waals surface area contributed by atoms with Gasteiger partial charge in [0.15, 0.2) is 0 Å². The van der Waals surface area contributed by atoms with Gasteiger partial charge in [-0.2, -0.15) is 0 Å². The number of carbonyl (C=O) groups is 1. The lowest BCUT2D eigenvalue weighted by molar-refractivity contribution is 0.154. The van der Waals surface area contributed by atoms with Crippen molar-refractivity contribution in [3.05, 3.63) is 69.8 Å². The first-order valence-electron chi connectivity index (χ1n) is 7.50. The van der Waals surface area contributed by atoms with E-state index >= 15 is 0 Å². The van der Waals surface area contributed by atoms with Crippen molar-refractivity contribution in [3.8, 4) is 0 Å². The summed E-state index contributed by atoms with van der Waals surface area (Å²) in [5.41, 5.74) is 3.67. The van der Waals surface area contributed by atoms with E-state index in [-0.39, 0.29) is 12.2 Å². The minimum Gasteiger partial charge on any atom is -0.444 e. The predicted octanol–water partition coefficient (Wildman–Crippen LogP) is 3.29. The van der Waals surface area contributed by atoms with Crippen LogP contribution in [-0.4, -0.2) is 16.1 Å². The van der Waals surface area contributed by atoms with Gasteiger partial charge in [0.05, 0.1) is 11.1 Å². The van der Waals surface area contributed by atoms with Gasteiger partial charge in [0.25, 0.3) is 5.56 Å². The number of rotatable bonds is 3. The molecule has 0 spiro atoms. The van der Waals surface area contributed by atoms with Gasteiger partial charge < -0.3 is 9.72 Å². The number of aromatic amines is 1. The molecule has 0 aliphatic carbocycles. The third kappa shape index (κ3) is 3.27. The number of nitrogens with one attached hydrogen (secondary N) is 2.